The van der Waals surface area contributed by atoms with Crippen LogP contribution in [0.15, 0.2) is 0 Å². The largest absolute Gasteiger partial charge is 0.326 e. The quantitative estimate of drug-likeness (QED) is 0.717. The molecule has 0 amide bonds. The highest BCUT2D eigenvalue weighted by Crippen LogP contribution is 2.18. The van der Waals surface area contributed by atoms with E-state index >= 15 is 0 Å². The third-order valence-corrected chi connectivity index (χ3v) is 4.71. The van der Waals surface area contributed by atoms with E-state index < -0.39 is 10.2 Å². The number of hydrogen-bond donors (Lipinski definition) is 2. The van der Waals surface area contributed by atoms with Gasteiger partial charge in [-0.25, -0.2) is 0 Å². The molecule has 5 nitrogen and oxygen atoms in total. The van der Waals surface area contributed by atoms with Gasteiger partial charge in [0.15, 0.2) is 0 Å². The number of unbranched alkanes of at least 4 members (excludes halogenated alkanes) is 1. The first-order valence-electron chi connectivity index (χ1n) is 5.96. The highest BCUT2D eigenvalue weighted by molar-refractivity contribution is 7.87. The summed E-state index contributed by atoms with van der Waals surface area (Å²) in [6, 6.07) is -0.122. The summed E-state index contributed by atoms with van der Waals surface area (Å²) in [7, 11) is -1.74. The van der Waals surface area contributed by atoms with Crippen LogP contribution in [0.5, 0.6) is 0 Å². The summed E-state index contributed by atoms with van der Waals surface area (Å²) in [5.74, 6) is 0. The Balaban J connectivity index is 2.50. The predicted octanol–water partition coefficient (Wildman–Crippen LogP) is 0.433. The van der Waals surface area contributed by atoms with E-state index in [4.69, 9.17) is 5.73 Å². The molecule has 3 N–H and O–H groups in total. The summed E-state index contributed by atoms with van der Waals surface area (Å²) >= 11 is 0. The van der Waals surface area contributed by atoms with Gasteiger partial charge in [0, 0.05) is 25.7 Å². The van der Waals surface area contributed by atoms with Crippen LogP contribution in [0.3, 0.4) is 0 Å². The average Bonchev–Trinajstić information content (AvgIpc) is 2.60. The van der Waals surface area contributed by atoms with Crippen LogP contribution in [0.4, 0.5) is 0 Å². The molecular formula is C10H23N3O2S. The lowest BCUT2D eigenvalue weighted by molar-refractivity contribution is 0.432. The molecule has 1 aliphatic carbocycles. The molecule has 0 saturated heterocycles. The zero-order valence-electron chi connectivity index (χ0n) is 10.1. The lowest BCUT2D eigenvalue weighted by atomic mass is 10.2. The third kappa shape index (κ3) is 3.69. The van der Waals surface area contributed by atoms with Crippen LogP contribution in [0, 0.1) is 0 Å². The summed E-state index contributed by atoms with van der Waals surface area (Å²) in [5, 5.41) is 0. The smallest absolute Gasteiger partial charge is 0.279 e. The molecule has 0 aliphatic heterocycles. The zero-order valence-corrected chi connectivity index (χ0v) is 11.0. The Bertz CT molecular complexity index is 305. The monoisotopic (exact) mass is 249 g/mol. The Kier molecular flexibility index (Phi) is 5.17. The molecule has 96 valence electrons. The molecule has 0 aromatic carbocycles. The van der Waals surface area contributed by atoms with Crippen molar-refractivity contribution in [3.63, 3.8) is 0 Å². The Morgan fingerprint density at radius 1 is 1.44 bits per heavy atom. The van der Waals surface area contributed by atoms with Gasteiger partial charge in [-0.05, 0) is 19.3 Å². The molecule has 0 aromatic heterocycles. The average molecular weight is 249 g/mol. The van der Waals surface area contributed by atoms with Crippen LogP contribution in [0.25, 0.3) is 0 Å². The summed E-state index contributed by atoms with van der Waals surface area (Å²) in [4.78, 5) is 0. The second-order valence-corrected chi connectivity index (χ2v) is 6.31. The van der Waals surface area contributed by atoms with Crippen molar-refractivity contribution in [2.24, 2.45) is 5.73 Å². The summed E-state index contributed by atoms with van der Waals surface area (Å²) < 4.78 is 27.9. The summed E-state index contributed by atoms with van der Waals surface area (Å²) in [5.41, 5.74) is 5.84. The fraction of sp³-hybridized carbons (Fsp3) is 1.00. The van der Waals surface area contributed by atoms with E-state index in [9.17, 15) is 8.42 Å². The number of hydrogen-bond acceptors (Lipinski definition) is 3. The molecule has 1 aliphatic rings. The SMILES string of the molecule is CCCCN(C)S(=O)(=O)NC1CCCC1N. The Hall–Kier alpha value is -0.170. The molecule has 0 bridgehead atoms. The first kappa shape index (κ1) is 13.9. The van der Waals surface area contributed by atoms with Crippen LogP contribution in [-0.2, 0) is 10.2 Å². The van der Waals surface area contributed by atoms with Gasteiger partial charge >= 0.3 is 0 Å². The number of nitrogens with zero attached hydrogens (tertiary/aromatic N) is 1. The van der Waals surface area contributed by atoms with Crippen LogP contribution < -0.4 is 10.5 Å². The fourth-order valence-corrected chi connectivity index (χ4v) is 3.14. The molecule has 1 saturated carbocycles. The third-order valence-electron chi connectivity index (χ3n) is 3.11. The van der Waals surface area contributed by atoms with Crippen molar-refractivity contribution < 1.29 is 8.42 Å². The van der Waals surface area contributed by atoms with Crippen molar-refractivity contribution in [1.29, 1.82) is 0 Å². The topological polar surface area (TPSA) is 75.4 Å². The molecule has 0 spiro atoms. The van der Waals surface area contributed by atoms with E-state index in [1.807, 2.05) is 6.92 Å². The van der Waals surface area contributed by atoms with Crippen molar-refractivity contribution in [3.8, 4) is 0 Å². The van der Waals surface area contributed by atoms with Gasteiger partial charge in [-0.3, -0.25) is 0 Å². The number of rotatable bonds is 6. The Morgan fingerprint density at radius 2 is 2.12 bits per heavy atom. The van der Waals surface area contributed by atoms with Gasteiger partial charge in [0.1, 0.15) is 0 Å². The van der Waals surface area contributed by atoms with Gasteiger partial charge in [0.05, 0.1) is 0 Å². The highest BCUT2D eigenvalue weighted by atomic mass is 32.2. The van der Waals surface area contributed by atoms with Gasteiger partial charge in [-0.15, -0.1) is 0 Å². The lowest BCUT2D eigenvalue weighted by Crippen LogP contribution is -2.49. The summed E-state index contributed by atoms with van der Waals surface area (Å²) in [6.45, 7) is 2.61. The van der Waals surface area contributed by atoms with E-state index in [0.717, 1.165) is 32.1 Å². The molecular weight excluding hydrogens is 226 g/mol. The van der Waals surface area contributed by atoms with Gasteiger partial charge in [-0.1, -0.05) is 19.8 Å². The minimum absolute atomic E-state index is 0.0330. The Morgan fingerprint density at radius 3 is 2.62 bits per heavy atom. The highest BCUT2D eigenvalue weighted by Gasteiger charge is 2.29. The predicted molar refractivity (Wildman–Crippen MR) is 65.2 cm³/mol. The molecule has 1 rings (SSSR count). The van der Waals surface area contributed by atoms with Crippen LogP contribution in [-0.4, -0.2) is 38.4 Å². The molecule has 0 heterocycles. The number of nitrogens with one attached hydrogen (secondary N) is 1. The molecule has 0 radical (unpaired) electrons. The van der Waals surface area contributed by atoms with Crippen molar-refractivity contribution in [2.75, 3.05) is 13.6 Å². The molecule has 6 heteroatoms. The zero-order chi connectivity index (χ0) is 12.2. The summed E-state index contributed by atoms with van der Waals surface area (Å²) in [6.07, 6.45) is 4.64. The first-order chi connectivity index (χ1) is 7.47. The van der Waals surface area contributed by atoms with Crippen molar-refractivity contribution in [1.82, 2.24) is 9.03 Å². The van der Waals surface area contributed by atoms with Gasteiger partial charge in [0.2, 0.25) is 0 Å². The lowest BCUT2D eigenvalue weighted by Gasteiger charge is -2.22. The van der Waals surface area contributed by atoms with Gasteiger partial charge < -0.3 is 5.73 Å². The van der Waals surface area contributed by atoms with Crippen LogP contribution in [0.2, 0.25) is 0 Å². The normalized spacial score (nSPS) is 26.5. The first-order valence-corrected chi connectivity index (χ1v) is 7.40. The van der Waals surface area contributed by atoms with Crippen LogP contribution in [0.1, 0.15) is 39.0 Å². The molecule has 2 unspecified atom stereocenters. The molecule has 16 heavy (non-hydrogen) atoms. The molecule has 2 atom stereocenters. The van der Waals surface area contributed by atoms with Crippen LogP contribution >= 0.6 is 0 Å². The van der Waals surface area contributed by atoms with Crippen molar-refractivity contribution >= 4 is 10.2 Å². The molecule has 1 fully saturated rings. The van der Waals surface area contributed by atoms with E-state index in [1.54, 1.807) is 7.05 Å². The van der Waals surface area contributed by atoms with E-state index in [-0.39, 0.29) is 12.1 Å². The van der Waals surface area contributed by atoms with E-state index in [0.29, 0.717) is 6.54 Å². The second-order valence-electron chi connectivity index (χ2n) is 4.50. The minimum atomic E-state index is -3.35. The standard InChI is InChI=1S/C10H23N3O2S/c1-3-4-8-13(2)16(14,15)12-10-7-5-6-9(10)11/h9-10,12H,3-8,11H2,1-2H3. The van der Waals surface area contributed by atoms with E-state index in [2.05, 4.69) is 4.72 Å². The molecule has 0 aromatic rings. The fourth-order valence-electron chi connectivity index (χ4n) is 1.92. The van der Waals surface area contributed by atoms with Crippen molar-refractivity contribution in [2.45, 2.75) is 51.1 Å². The van der Waals surface area contributed by atoms with Gasteiger partial charge in [0.25, 0.3) is 10.2 Å². The number of nitrogens with two attached hydrogens (primary N) is 1. The van der Waals surface area contributed by atoms with Gasteiger partial charge in [-0.2, -0.15) is 17.4 Å². The van der Waals surface area contributed by atoms with Crippen molar-refractivity contribution in [3.05, 3.63) is 0 Å². The minimum Gasteiger partial charge on any atom is -0.326 e. The maximum absolute atomic E-state index is 11.9. The Labute approximate surface area is 98.6 Å². The second kappa shape index (κ2) is 5.95. The maximum atomic E-state index is 11.9. The van der Waals surface area contributed by atoms with E-state index in [1.165, 1.54) is 4.31 Å². The maximum Gasteiger partial charge on any atom is 0.279 e.